The molecule has 1 aromatic carbocycles. The summed E-state index contributed by atoms with van der Waals surface area (Å²) in [6.45, 7) is 2.69. The van der Waals surface area contributed by atoms with Crippen LogP contribution in [0.2, 0.25) is 0 Å². The number of aromatic nitrogens is 1. The van der Waals surface area contributed by atoms with Crippen molar-refractivity contribution in [2.24, 2.45) is 5.92 Å². The molecular formula is C25H29F3N4O. The largest absolute Gasteiger partial charge is 0.416 e. The van der Waals surface area contributed by atoms with E-state index >= 15 is 0 Å². The lowest BCUT2D eigenvalue weighted by Gasteiger charge is -2.50. The van der Waals surface area contributed by atoms with Gasteiger partial charge in [-0.3, -0.25) is 14.7 Å². The number of fused-ring (bicyclic) bond motifs is 3. The lowest BCUT2D eigenvalue weighted by atomic mass is 9.82. The molecular weight excluding hydrogens is 429 g/mol. The van der Waals surface area contributed by atoms with Gasteiger partial charge in [0.2, 0.25) is 5.91 Å². The van der Waals surface area contributed by atoms with Crippen molar-refractivity contribution < 1.29 is 18.0 Å². The number of anilines is 1. The van der Waals surface area contributed by atoms with Crippen molar-refractivity contribution >= 4 is 11.6 Å². The Bertz CT molecular complexity index is 991. The minimum Gasteiger partial charge on any atom is -0.365 e. The summed E-state index contributed by atoms with van der Waals surface area (Å²) in [5, 5.41) is 2.99. The second-order valence-electron chi connectivity index (χ2n) is 9.38. The molecule has 0 bridgehead atoms. The van der Waals surface area contributed by atoms with Crippen LogP contribution in [0.15, 0.2) is 42.6 Å². The molecule has 1 aromatic heterocycles. The molecule has 3 heterocycles. The first-order valence-electron chi connectivity index (χ1n) is 11.8. The Hall–Kier alpha value is -2.61. The third-order valence-corrected chi connectivity index (χ3v) is 7.42. The highest BCUT2D eigenvalue weighted by Crippen LogP contribution is 2.40. The SMILES string of the molecule is O=C(NCc1ccccn1)[C@@H]1Cc2cc(C(F)(F)F)ccc2N2CCN(C3CCCC3)C[C@H]12. The van der Waals surface area contributed by atoms with Gasteiger partial charge in [-0.25, -0.2) is 0 Å². The molecule has 2 aliphatic heterocycles. The highest BCUT2D eigenvalue weighted by atomic mass is 19.4. The Morgan fingerprint density at radius 3 is 2.67 bits per heavy atom. The Balaban J connectivity index is 1.41. The van der Waals surface area contributed by atoms with Crippen LogP contribution in [0.1, 0.15) is 42.5 Å². The van der Waals surface area contributed by atoms with Crippen LogP contribution in [0.4, 0.5) is 18.9 Å². The van der Waals surface area contributed by atoms with E-state index in [0.29, 0.717) is 24.6 Å². The number of alkyl halides is 3. The van der Waals surface area contributed by atoms with Crippen LogP contribution in [0.25, 0.3) is 0 Å². The van der Waals surface area contributed by atoms with Crippen molar-refractivity contribution in [1.29, 1.82) is 0 Å². The molecule has 2 atom stereocenters. The number of pyridine rings is 1. The molecule has 1 saturated carbocycles. The zero-order valence-electron chi connectivity index (χ0n) is 18.5. The van der Waals surface area contributed by atoms with Gasteiger partial charge in [-0.05, 0) is 55.2 Å². The normalized spacial score (nSPS) is 23.8. The van der Waals surface area contributed by atoms with Crippen LogP contribution in [0, 0.1) is 5.92 Å². The predicted molar refractivity (Wildman–Crippen MR) is 120 cm³/mol. The number of nitrogens with one attached hydrogen (secondary N) is 1. The van der Waals surface area contributed by atoms with E-state index in [1.165, 1.54) is 37.8 Å². The topological polar surface area (TPSA) is 48.5 Å². The van der Waals surface area contributed by atoms with Gasteiger partial charge in [0, 0.05) is 37.6 Å². The molecule has 0 radical (unpaired) electrons. The van der Waals surface area contributed by atoms with Crippen molar-refractivity contribution in [3.63, 3.8) is 0 Å². The van der Waals surface area contributed by atoms with E-state index in [4.69, 9.17) is 0 Å². The third kappa shape index (κ3) is 4.58. The quantitative estimate of drug-likeness (QED) is 0.752. The fourth-order valence-electron chi connectivity index (χ4n) is 5.73. The number of piperazine rings is 1. The average molecular weight is 459 g/mol. The van der Waals surface area contributed by atoms with Gasteiger partial charge in [-0.2, -0.15) is 13.2 Å². The highest BCUT2D eigenvalue weighted by molar-refractivity contribution is 5.82. The van der Waals surface area contributed by atoms with Gasteiger partial charge in [0.15, 0.2) is 0 Å². The molecule has 0 unspecified atom stereocenters. The van der Waals surface area contributed by atoms with Crippen LogP contribution < -0.4 is 10.2 Å². The zero-order chi connectivity index (χ0) is 23.0. The minimum absolute atomic E-state index is 0.0488. The summed E-state index contributed by atoms with van der Waals surface area (Å²) in [5.41, 5.74) is 1.55. The van der Waals surface area contributed by atoms with Crippen LogP contribution in [-0.2, 0) is 23.9 Å². The molecule has 2 fully saturated rings. The maximum absolute atomic E-state index is 13.4. The fraction of sp³-hybridized carbons (Fsp3) is 0.520. The number of carbonyl (C=O) groups is 1. The first-order chi connectivity index (χ1) is 15.9. The van der Waals surface area contributed by atoms with Gasteiger partial charge in [0.1, 0.15) is 0 Å². The van der Waals surface area contributed by atoms with Crippen LogP contribution >= 0.6 is 0 Å². The smallest absolute Gasteiger partial charge is 0.365 e. The molecule has 1 saturated heterocycles. The maximum atomic E-state index is 13.4. The van der Waals surface area contributed by atoms with E-state index < -0.39 is 17.7 Å². The van der Waals surface area contributed by atoms with Crippen molar-refractivity contribution in [3.05, 3.63) is 59.4 Å². The van der Waals surface area contributed by atoms with E-state index in [9.17, 15) is 18.0 Å². The van der Waals surface area contributed by atoms with Crippen molar-refractivity contribution in [3.8, 4) is 0 Å². The standard InChI is InChI=1S/C25H29F3N4O/c26-25(27,28)18-8-9-22-17(13-18)14-21(24(33)30-15-19-5-3-4-10-29-19)23-16-31(11-12-32(22)23)20-6-1-2-7-20/h3-5,8-10,13,20-21,23H,1-2,6-7,11-12,14-16H2,(H,30,33)/t21-,23-/m1/s1. The molecule has 8 heteroatoms. The number of amides is 1. The first kappa shape index (κ1) is 22.2. The summed E-state index contributed by atoms with van der Waals surface area (Å²) in [6.07, 6.45) is 2.46. The van der Waals surface area contributed by atoms with E-state index in [1.54, 1.807) is 12.3 Å². The zero-order valence-corrected chi connectivity index (χ0v) is 18.5. The van der Waals surface area contributed by atoms with Gasteiger partial charge >= 0.3 is 6.18 Å². The summed E-state index contributed by atoms with van der Waals surface area (Å²) in [5.74, 6) is -0.527. The maximum Gasteiger partial charge on any atom is 0.416 e. The molecule has 1 amide bonds. The lowest BCUT2D eigenvalue weighted by Crippen LogP contribution is -2.62. The van der Waals surface area contributed by atoms with E-state index in [1.807, 2.05) is 18.2 Å². The summed E-state index contributed by atoms with van der Waals surface area (Å²) in [4.78, 5) is 22.3. The van der Waals surface area contributed by atoms with Crippen molar-refractivity contribution in [2.45, 2.75) is 56.9 Å². The third-order valence-electron chi connectivity index (χ3n) is 7.42. The summed E-state index contributed by atoms with van der Waals surface area (Å²) >= 11 is 0. The molecule has 5 nitrogen and oxygen atoms in total. The summed E-state index contributed by atoms with van der Waals surface area (Å²) in [7, 11) is 0. The van der Waals surface area contributed by atoms with Crippen LogP contribution in [-0.4, -0.2) is 47.5 Å². The van der Waals surface area contributed by atoms with Gasteiger partial charge in [0.25, 0.3) is 0 Å². The van der Waals surface area contributed by atoms with Crippen molar-refractivity contribution in [1.82, 2.24) is 15.2 Å². The highest BCUT2D eigenvalue weighted by Gasteiger charge is 2.43. The molecule has 2 aromatic rings. The number of benzene rings is 1. The Morgan fingerprint density at radius 1 is 1.12 bits per heavy atom. The average Bonchev–Trinajstić information content (AvgIpc) is 3.36. The van der Waals surface area contributed by atoms with Gasteiger partial charge in [-0.1, -0.05) is 18.9 Å². The lowest BCUT2D eigenvalue weighted by molar-refractivity contribution is -0.137. The molecule has 3 aliphatic rings. The number of hydrogen-bond donors (Lipinski definition) is 1. The minimum atomic E-state index is -4.40. The number of carbonyl (C=O) groups excluding carboxylic acids is 1. The van der Waals surface area contributed by atoms with E-state index in [-0.39, 0.29) is 11.9 Å². The first-order valence-corrected chi connectivity index (χ1v) is 11.8. The van der Waals surface area contributed by atoms with Crippen LogP contribution in [0.5, 0.6) is 0 Å². The molecule has 176 valence electrons. The fourth-order valence-corrected chi connectivity index (χ4v) is 5.73. The van der Waals surface area contributed by atoms with E-state index in [0.717, 1.165) is 31.0 Å². The number of hydrogen-bond acceptors (Lipinski definition) is 4. The summed E-state index contributed by atoms with van der Waals surface area (Å²) < 4.78 is 40.1. The van der Waals surface area contributed by atoms with Crippen molar-refractivity contribution in [2.75, 3.05) is 24.5 Å². The second-order valence-corrected chi connectivity index (χ2v) is 9.38. The van der Waals surface area contributed by atoms with Gasteiger partial charge < -0.3 is 10.2 Å². The number of rotatable bonds is 4. The van der Waals surface area contributed by atoms with Gasteiger partial charge in [-0.15, -0.1) is 0 Å². The Morgan fingerprint density at radius 2 is 1.94 bits per heavy atom. The summed E-state index contributed by atoms with van der Waals surface area (Å²) in [6, 6.07) is 10.0. The molecule has 1 aliphatic carbocycles. The monoisotopic (exact) mass is 458 g/mol. The number of halogens is 3. The Kier molecular flexibility index (Phi) is 6.03. The molecule has 33 heavy (non-hydrogen) atoms. The number of nitrogens with zero attached hydrogens (tertiary/aromatic N) is 3. The molecule has 0 spiro atoms. The predicted octanol–water partition coefficient (Wildman–Crippen LogP) is 4.02. The van der Waals surface area contributed by atoms with E-state index in [2.05, 4.69) is 20.1 Å². The van der Waals surface area contributed by atoms with Crippen LogP contribution in [0.3, 0.4) is 0 Å². The Labute approximate surface area is 192 Å². The molecule has 5 rings (SSSR count). The second kappa shape index (κ2) is 8.97. The van der Waals surface area contributed by atoms with Gasteiger partial charge in [0.05, 0.1) is 29.8 Å². The molecule has 1 N–H and O–H groups in total.